The van der Waals surface area contributed by atoms with E-state index in [9.17, 15) is 9.59 Å². The number of nitrogens with one attached hydrogen (secondary N) is 1. The maximum atomic E-state index is 12.8. The van der Waals surface area contributed by atoms with Crippen LogP contribution >= 0.6 is 11.6 Å². The molecule has 0 heterocycles. The van der Waals surface area contributed by atoms with E-state index in [2.05, 4.69) is 5.32 Å². The van der Waals surface area contributed by atoms with E-state index in [4.69, 9.17) is 16.3 Å². The summed E-state index contributed by atoms with van der Waals surface area (Å²) in [5.41, 5.74) is 1.75. The summed E-state index contributed by atoms with van der Waals surface area (Å²) in [6, 6.07) is 7.99. The molecule has 0 spiro atoms. The molecule has 1 N–H and O–H groups in total. The second-order valence-electron chi connectivity index (χ2n) is 8.73. The minimum Gasteiger partial charge on any atom is -0.455 e. The molecule has 5 heteroatoms. The van der Waals surface area contributed by atoms with Gasteiger partial charge in [-0.2, -0.15) is 0 Å². The fourth-order valence-corrected chi connectivity index (χ4v) is 6.32. The van der Waals surface area contributed by atoms with Crippen molar-refractivity contribution in [3.05, 3.63) is 35.4 Å². The first kappa shape index (κ1) is 17.8. The number of carbonyl (C=O) groups is 2. The zero-order valence-corrected chi connectivity index (χ0v) is 16.0. The van der Waals surface area contributed by atoms with Crippen molar-refractivity contribution < 1.29 is 14.3 Å². The van der Waals surface area contributed by atoms with Crippen molar-refractivity contribution in [2.45, 2.75) is 56.9 Å². The molecule has 4 fully saturated rings. The second-order valence-corrected chi connectivity index (χ2v) is 9.53. The molecule has 26 heavy (non-hydrogen) atoms. The van der Waals surface area contributed by atoms with Crippen LogP contribution in [-0.4, -0.2) is 23.4 Å². The summed E-state index contributed by atoms with van der Waals surface area (Å²) in [5.74, 6) is 0.597. The Morgan fingerprint density at radius 2 is 1.81 bits per heavy atom. The van der Waals surface area contributed by atoms with E-state index in [0.29, 0.717) is 24.8 Å². The van der Waals surface area contributed by atoms with Gasteiger partial charge in [0.15, 0.2) is 6.61 Å². The molecule has 0 aromatic heterocycles. The van der Waals surface area contributed by atoms with Crippen molar-refractivity contribution in [3.8, 4) is 0 Å². The number of alkyl halides is 1. The molecule has 1 amide bonds. The van der Waals surface area contributed by atoms with Crippen molar-refractivity contribution in [2.24, 2.45) is 17.3 Å². The first-order valence-corrected chi connectivity index (χ1v) is 9.92. The number of amides is 1. The summed E-state index contributed by atoms with van der Waals surface area (Å²) in [6.07, 6.45) is 5.71. The third-order valence-corrected chi connectivity index (χ3v) is 6.81. The molecule has 4 aliphatic carbocycles. The summed E-state index contributed by atoms with van der Waals surface area (Å²) < 4.78 is 5.43. The van der Waals surface area contributed by atoms with Crippen LogP contribution in [0.4, 0.5) is 0 Å². The van der Waals surface area contributed by atoms with Gasteiger partial charge >= 0.3 is 5.97 Å². The number of halogens is 1. The van der Waals surface area contributed by atoms with Crippen LogP contribution in [0.1, 0.15) is 49.7 Å². The van der Waals surface area contributed by atoms with E-state index in [1.54, 1.807) is 0 Å². The summed E-state index contributed by atoms with van der Waals surface area (Å²) in [5, 5.41) is 2.81. The van der Waals surface area contributed by atoms with Crippen molar-refractivity contribution >= 4 is 23.5 Å². The van der Waals surface area contributed by atoms with Gasteiger partial charge in [0.25, 0.3) is 5.91 Å². The fourth-order valence-electron chi connectivity index (χ4n) is 5.63. The monoisotopic (exact) mass is 375 g/mol. The Balaban J connectivity index is 1.30. The van der Waals surface area contributed by atoms with Crippen LogP contribution < -0.4 is 5.32 Å². The molecular weight excluding hydrogens is 350 g/mol. The predicted molar refractivity (Wildman–Crippen MR) is 99.7 cm³/mol. The first-order chi connectivity index (χ1) is 12.4. The molecule has 2 unspecified atom stereocenters. The van der Waals surface area contributed by atoms with E-state index in [1.807, 2.05) is 31.2 Å². The van der Waals surface area contributed by atoms with Gasteiger partial charge in [0, 0.05) is 11.4 Å². The molecule has 4 bridgehead atoms. The Labute approximate surface area is 159 Å². The van der Waals surface area contributed by atoms with Gasteiger partial charge in [0.05, 0.1) is 5.41 Å². The Kier molecular flexibility index (Phi) is 4.50. The second kappa shape index (κ2) is 6.56. The molecular formula is C21H26ClNO3. The molecule has 0 aliphatic heterocycles. The van der Waals surface area contributed by atoms with Gasteiger partial charge in [-0.05, 0) is 62.8 Å². The average molecular weight is 376 g/mol. The van der Waals surface area contributed by atoms with E-state index in [1.165, 1.54) is 12.0 Å². The topological polar surface area (TPSA) is 55.4 Å². The molecule has 5 rings (SSSR count). The highest BCUT2D eigenvalue weighted by molar-refractivity contribution is 6.24. The highest BCUT2D eigenvalue weighted by Crippen LogP contribution is 2.64. The van der Waals surface area contributed by atoms with Crippen molar-refractivity contribution in [2.75, 3.05) is 6.61 Å². The third-order valence-electron chi connectivity index (χ3n) is 6.37. The van der Waals surface area contributed by atoms with Crippen LogP contribution in [0.5, 0.6) is 0 Å². The lowest BCUT2D eigenvalue weighted by Crippen LogP contribution is -2.56. The van der Waals surface area contributed by atoms with Gasteiger partial charge in [0.1, 0.15) is 0 Å². The Hall–Kier alpha value is -1.55. The van der Waals surface area contributed by atoms with Crippen LogP contribution in [0.2, 0.25) is 0 Å². The van der Waals surface area contributed by atoms with E-state index >= 15 is 0 Å². The SMILES string of the molecule is Cc1ccc(CNC(=O)COC(=O)C23C[C@@H]4C[C@@H](CC(Cl)(C4)C2)C3)cc1. The Bertz CT molecular complexity index is 700. The molecule has 1 aromatic carbocycles. The molecule has 0 radical (unpaired) electrons. The molecule has 4 saturated carbocycles. The zero-order chi connectivity index (χ0) is 18.4. The van der Waals surface area contributed by atoms with Crippen molar-refractivity contribution in [1.29, 1.82) is 0 Å². The van der Waals surface area contributed by atoms with Crippen LogP contribution in [0.3, 0.4) is 0 Å². The minimum absolute atomic E-state index is 0.211. The van der Waals surface area contributed by atoms with Gasteiger partial charge in [-0.1, -0.05) is 29.8 Å². The lowest BCUT2D eigenvalue weighted by atomic mass is 9.49. The summed E-state index contributed by atoms with van der Waals surface area (Å²) >= 11 is 6.77. The zero-order valence-electron chi connectivity index (χ0n) is 15.2. The van der Waals surface area contributed by atoms with Crippen LogP contribution in [-0.2, 0) is 20.9 Å². The number of hydrogen-bond acceptors (Lipinski definition) is 3. The maximum Gasteiger partial charge on any atom is 0.312 e. The molecule has 1 aromatic rings. The number of aryl methyl sites for hydroxylation is 1. The quantitative estimate of drug-likeness (QED) is 0.630. The fraction of sp³-hybridized carbons (Fsp3) is 0.619. The Morgan fingerprint density at radius 1 is 1.15 bits per heavy atom. The van der Waals surface area contributed by atoms with Gasteiger partial charge in [-0.15, -0.1) is 11.6 Å². The van der Waals surface area contributed by atoms with E-state index < -0.39 is 5.41 Å². The van der Waals surface area contributed by atoms with Crippen LogP contribution in [0.25, 0.3) is 0 Å². The predicted octanol–water partition coefficient (Wildman–Crippen LogP) is 3.73. The van der Waals surface area contributed by atoms with E-state index in [-0.39, 0.29) is 23.4 Å². The van der Waals surface area contributed by atoms with Gasteiger partial charge in [-0.3, -0.25) is 9.59 Å². The largest absolute Gasteiger partial charge is 0.455 e. The van der Waals surface area contributed by atoms with Gasteiger partial charge < -0.3 is 10.1 Å². The number of hydrogen-bond donors (Lipinski definition) is 1. The molecule has 4 aliphatic rings. The van der Waals surface area contributed by atoms with Gasteiger partial charge in [0.2, 0.25) is 0 Å². The lowest BCUT2D eigenvalue weighted by Gasteiger charge is -2.58. The van der Waals surface area contributed by atoms with Gasteiger partial charge in [-0.25, -0.2) is 0 Å². The van der Waals surface area contributed by atoms with Crippen LogP contribution in [0, 0.1) is 24.2 Å². The first-order valence-electron chi connectivity index (χ1n) is 9.54. The molecule has 0 saturated heterocycles. The number of ether oxygens (including phenoxy) is 1. The third kappa shape index (κ3) is 3.48. The number of esters is 1. The molecule has 4 atom stereocenters. The average Bonchev–Trinajstić information content (AvgIpc) is 2.57. The van der Waals surface area contributed by atoms with E-state index in [0.717, 1.165) is 31.2 Å². The number of benzene rings is 1. The smallest absolute Gasteiger partial charge is 0.312 e. The maximum absolute atomic E-state index is 12.8. The number of rotatable bonds is 5. The standard InChI is InChI=1S/C21H26ClNO3/c1-14-2-4-15(5-3-14)11-23-18(24)12-26-19(25)20-7-16-6-17(8-20)10-21(22,9-16)13-20/h2-5,16-17H,6-13H2,1H3,(H,23,24)/t16-,17+,20?,21?. The Morgan fingerprint density at radius 3 is 2.42 bits per heavy atom. The summed E-state index contributed by atoms with van der Waals surface area (Å²) in [4.78, 5) is 24.6. The van der Waals surface area contributed by atoms with Crippen LogP contribution in [0.15, 0.2) is 24.3 Å². The number of carbonyl (C=O) groups excluding carboxylic acids is 2. The minimum atomic E-state index is -0.455. The lowest BCUT2D eigenvalue weighted by molar-refractivity contribution is -0.171. The summed E-state index contributed by atoms with van der Waals surface area (Å²) in [7, 11) is 0. The highest BCUT2D eigenvalue weighted by Gasteiger charge is 2.60. The van der Waals surface area contributed by atoms with Crippen molar-refractivity contribution in [1.82, 2.24) is 5.32 Å². The molecule has 140 valence electrons. The van der Waals surface area contributed by atoms with Crippen molar-refractivity contribution in [3.63, 3.8) is 0 Å². The molecule has 4 nitrogen and oxygen atoms in total. The highest BCUT2D eigenvalue weighted by atomic mass is 35.5. The summed E-state index contributed by atoms with van der Waals surface area (Å²) in [6.45, 7) is 2.26. The normalized spacial score (nSPS) is 34.5.